The van der Waals surface area contributed by atoms with Crippen molar-refractivity contribution in [2.75, 3.05) is 7.11 Å². The van der Waals surface area contributed by atoms with Crippen LogP contribution in [0.1, 0.15) is 103 Å². The van der Waals surface area contributed by atoms with Gasteiger partial charge in [-0.3, -0.25) is 14.4 Å². The van der Waals surface area contributed by atoms with Crippen LogP contribution in [-0.4, -0.2) is 48.9 Å². The molecule has 0 aromatic rings. The number of carbonyl (C=O) groups is 4. The lowest BCUT2D eigenvalue weighted by molar-refractivity contribution is -0.164. The molecular weight excluding hydrogens is 689 g/mol. The minimum atomic E-state index is -0.810. The van der Waals surface area contributed by atoms with Gasteiger partial charge < -0.3 is 14.2 Å². The maximum absolute atomic E-state index is 13.0. The Morgan fingerprint density at radius 2 is 0.945 bits per heavy atom. The molecule has 0 heterocycles. The Morgan fingerprint density at radius 1 is 0.600 bits per heavy atom. The third kappa shape index (κ3) is 14.2. The molecule has 298 valence electrons. The molecule has 3 atom stereocenters. The van der Waals surface area contributed by atoms with E-state index in [4.69, 9.17) is 14.2 Å². The first-order valence-electron chi connectivity index (χ1n) is 19.1. The number of hydrogen-bond acceptors (Lipinski definition) is 7. The molecule has 0 N–H and O–H groups in total. The third-order valence-corrected chi connectivity index (χ3v) is 9.95. The highest BCUT2D eigenvalue weighted by molar-refractivity contribution is 6.02. The van der Waals surface area contributed by atoms with Gasteiger partial charge in [-0.15, -0.1) is 0 Å². The summed E-state index contributed by atoms with van der Waals surface area (Å²) in [6, 6.07) is 0. The van der Waals surface area contributed by atoms with Crippen molar-refractivity contribution in [3.05, 3.63) is 130 Å². The highest BCUT2D eigenvalue weighted by atomic mass is 16.6. The van der Waals surface area contributed by atoms with Gasteiger partial charge in [-0.1, -0.05) is 149 Å². The molecule has 0 spiro atoms. The molecule has 0 aromatic carbocycles. The second-order valence-corrected chi connectivity index (χ2v) is 16.3. The van der Waals surface area contributed by atoms with E-state index in [0.717, 1.165) is 33.4 Å². The van der Waals surface area contributed by atoms with E-state index in [1.807, 2.05) is 120 Å². The molecule has 7 heteroatoms. The lowest BCUT2D eigenvalue weighted by atomic mass is 9.71. The van der Waals surface area contributed by atoms with Gasteiger partial charge in [-0.25, -0.2) is 4.79 Å². The molecule has 55 heavy (non-hydrogen) atoms. The van der Waals surface area contributed by atoms with E-state index in [-0.39, 0.29) is 34.3 Å². The van der Waals surface area contributed by atoms with Crippen LogP contribution in [0.25, 0.3) is 0 Å². The van der Waals surface area contributed by atoms with E-state index in [1.165, 1.54) is 7.11 Å². The van der Waals surface area contributed by atoms with E-state index in [0.29, 0.717) is 24.0 Å². The minimum Gasteiger partial charge on any atom is -0.454 e. The standard InChI is InChI=1S/C48H64O7/c1-31(2)45(51)54-41-29-47(10,11)39(36(7)43(41)49)27-25-34(5)23-17-21-32(3)19-15-16-20-33(4)22-18-24-35(6)26-28-40-37(8)44(50)42(30-48(40,12)13)55-46(52)38(9)53-14/h15-28,31,38,41-42H,29-30H2,1-14H3/b16-15+,21-17+,22-18+,27-25+,28-26+,32-19+,33-20+,34-23+,35-24+/t38-,41+,42+/m1/s1. The number of hydrogen-bond donors (Lipinski definition) is 0. The van der Waals surface area contributed by atoms with Crippen molar-refractivity contribution in [1.82, 2.24) is 0 Å². The van der Waals surface area contributed by atoms with Crippen LogP contribution in [0.4, 0.5) is 0 Å². The third-order valence-electron chi connectivity index (χ3n) is 9.95. The average Bonchev–Trinajstić information content (AvgIpc) is 3.10. The Labute approximate surface area is 330 Å². The molecular formula is C48H64O7. The van der Waals surface area contributed by atoms with E-state index in [1.54, 1.807) is 27.7 Å². The predicted octanol–water partition coefficient (Wildman–Crippen LogP) is 10.7. The highest BCUT2D eigenvalue weighted by Crippen LogP contribution is 2.42. The van der Waals surface area contributed by atoms with E-state index in [2.05, 4.69) is 27.7 Å². The number of methoxy groups -OCH3 is 1. The number of rotatable bonds is 15. The molecule has 0 unspecified atom stereocenters. The summed E-state index contributed by atoms with van der Waals surface area (Å²) < 4.78 is 16.1. The Bertz CT molecular complexity index is 1800. The molecule has 2 aliphatic carbocycles. The SMILES string of the molecule is CO[C@H](C)C(=O)O[C@H]1CC(C)(C)C(/C=C/C(C)=C/C=C/C(C)=C/C=C/C=C(C)/C=C/C=C(C)/C=C/C2=C(C)C(=O)[C@@H](OC(=O)C(C)C)CC2(C)C)=C(C)C1=O. The fourth-order valence-electron chi connectivity index (χ4n) is 6.37. The predicted molar refractivity (Wildman–Crippen MR) is 224 cm³/mol. The maximum Gasteiger partial charge on any atom is 0.335 e. The topological polar surface area (TPSA) is 96.0 Å². The largest absolute Gasteiger partial charge is 0.454 e. The molecule has 0 saturated heterocycles. The highest BCUT2D eigenvalue weighted by Gasteiger charge is 2.41. The Morgan fingerprint density at radius 3 is 1.31 bits per heavy atom. The van der Waals surface area contributed by atoms with Gasteiger partial charge in [0.15, 0.2) is 29.9 Å². The summed E-state index contributed by atoms with van der Waals surface area (Å²) in [6.45, 7) is 25.2. The number of Topliss-reactive ketones (excluding diaryl/α,β-unsaturated/α-hetero) is 2. The molecule has 0 fully saturated rings. The zero-order valence-electron chi connectivity index (χ0n) is 35.7. The van der Waals surface area contributed by atoms with Gasteiger partial charge in [0, 0.05) is 20.0 Å². The van der Waals surface area contributed by atoms with Crippen LogP contribution in [0.2, 0.25) is 0 Å². The lowest BCUT2D eigenvalue weighted by Crippen LogP contribution is -2.40. The van der Waals surface area contributed by atoms with Gasteiger partial charge in [0.2, 0.25) is 0 Å². The molecule has 2 aliphatic rings. The molecule has 0 amide bonds. The number of ether oxygens (including phenoxy) is 3. The zero-order chi connectivity index (χ0) is 41.7. The van der Waals surface area contributed by atoms with Crippen LogP contribution in [0.15, 0.2) is 130 Å². The normalized spacial score (nSPS) is 22.5. The first-order valence-corrected chi connectivity index (χ1v) is 19.1. The van der Waals surface area contributed by atoms with E-state index < -0.39 is 24.3 Å². The van der Waals surface area contributed by atoms with Gasteiger partial charge in [0.1, 0.15) is 0 Å². The Kier molecular flexibility index (Phi) is 17.7. The van der Waals surface area contributed by atoms with Crippen LogP contribution in [0, 0.1) is 16.7 Å². The van der Waals surface area contributed by atoms with Gasteiger partial charge in [0.25, 0.3) is 0 Å². The average molecular weight is 753 g/mol. The summed E-state index contributed by atoms with van der Waals surface area (Å²) in [6.07, 6.45) is 26.9. The number of allylic oxidation sites excluding steroid dienone is 20. The summed E-state index contributed by atoms with van der Waals surface area (Å²) in [4.78, 5) is 50.4. The fraction of sp³-hybridized carbons (Fsp3) is 0.458. The second kappa shape index (κ2) is 20.9. The summed E-state index contributed by atoms with van der Waals surface area (Å²) >= 11 is 0. The van der Waals surface area contributed by atoms with E-state index in [9.17, 15) is 19.2 Å². The van der Waals surface area contributed by atoms with Crippen molar-refractivity contribution in [3.8, 4) is 0 Å². The monoisotopic (exact) mass is 752 g/mol. The molecule has 0 aliphatic heterocycles. The van der Waals surface area contributed by atoms with Crippen molar-refractivity contribution in [2.24, 2.45) is 16.7 Å². The number of carbonyl (C=O) groups excluding carboxylic acids is 4. The lowest BCUT2D eigenvalue weighted by Gasteiger charge is -2.36. The second-order valence-electron chi connectivity index (χ2n) is 16.3. The summed E-state index contributed by atoms with van der Waals surface area (Å²) in [5.41, 5.74) is 6.79. The first-order chi connectivity index (χ1) is 25.6. The summed E-state index contributed by atoms with van der Waals surface area (Å²) in [5.74, 6) is -1.44. The Balaban J connectivity index is 1.99. The molecule has 0 saturated carbocycles. The molecule has 0 aromatic heterocycles. The fourth-order valence-corrected chi connectivity index (χ4v) is 6.37. The van der Waals surface area contributed by atoms with Crippen LogP contribution < -0.4 is 0 Å². The van der Waals surface area contributed by atoms with Crippen molar-refractivity contribution < 1.29 is 33.4 Å². The van der Waals surface area contributed by atoms with Crippen molar-refractivity contribution in [3.63, 3.8) is 0 Å². The minimum absolute atomic E-state index is 0.121. The van der Waals surface area contributed by atoms with Crippen LogP contribution in [0.3, 0.4) is 0 Å². The summed E-state index contributed by atoms with van der Waals surface area (Å²) in [5, 5.41) is 0. The molecule has 2 rings (SSSR count). The molecule has 0 radical (unpaired) electrons. The van der Waals surface area contributed by atoms with Gasteiger partial charge in [-0.2, -0.15) is 0 Å². The summed E-state index contributed by atoms with van der Waals surface area (Å²) in [7, 11) is 1.44. The van der Waals surface area contributed by atoms with Gasteiger partial charge in [0.05, 0.1) is 5.92 Å². The zero-order valence-corrected chi connectivity index (χ0v) is 35.7. The maximum atomic E-state index is 13.0. The number of ketones is 2. The van der Waals surface area contributed by atoms with Crippen LogP contribution in [-0.2, 0) is 33.4 Å². The van der Waals surface area contributed by atoms with Crippen LogP contribution >= 0.6 is 0 Å². The van der Waals surface area contributed by atoms with Crippen molar-refractivity contribution in [2.45, 2.75) is 121 Å². The smallest absolute Gasteiger partial charge is 0.335 e. The number of esters is 2. The molecule has 7 nitrogen and oxygen atoms in total. The van der Waals surface area contributed by atoms with E-state index >= 15 is 0 Å². The Hall–Kier alpha value is -4.62. The van der Waals surface area contributed by atoms with Crippen LogP contribution in [0.5, 0.6) is 0 Å². The first kappa shape index (κ1) is 46.5. The quantitative estimate of drug-likeness (QED) is 0.121. The van der Waals surface area contributed by atoms with Gasteiger partial charge >= 0.3 is 11.9 Å². The van der Waals surface area contributed by atoms with Crippen molar-refractivity contribution in [1.29, 1.82) is 0 Å². The van der Waals surface area contributed by atoms with Gasteiger partial charge in [-0.05, 0) is 81.6 Å². The molecule has 0 bridgehead atoms. The van der Waals surface area contributed by atoms with Crippen molar-refractivity contribution >= 4 is 23.5 Å².